The van der Waals surface area contributed by atoms with Crippen molar-refractivity contribution < 1.29 is 24.5 Å². The van der Waals surface area contributed by atoms with Gasteiger partial charge in [0.25, 0.3) is 0 Å². The zero-order valence-electron chi connectivity index (χ0n) is 14.3. The number of benzene rings is 1. The van der Waals surface area contributed by atoms with Gasteiger partial charge >= 0.3 is 0 Å². The predicted molar refractivity (Wildman–Crippen MR) is 91.7 cm³/mol. The van der Waals surface area contributed by atoms with Gasteiger partial charge in [-0.2, -0.15) is 0 Å². The summed E-state index contributed by atoms with van der Waals surface area (Å²) in [5.41, 5.74) is 1.97. The van der Waals surface area contributed by atoms with Gasteiger partial charge < -0.3 is 24.5 Å². The summed E-state index contributed by atoms with van der Waals surface area (Å²) in [5, 5.41) is 11.9. The van der Waals surface area contributed by atoms with Gasteiger partial charge in [-0.1, -0.05) is 24.3 Å². The molecule has 2 aromatic rings. The molecular weight excluding hydrogens is 304 g/mol. The summed E-state index contributed by atoms with van der Waals surface area (Å²) in [7, 11) is 0. The maximum atomic E-state index is 9.57. The minimum Gasteiger partial charge on any atom is -0.455 e. The molecule has 1 aliphatic rings. The second-order valence-corrected chi connectivity index (χ2v) is 6.46. The minimum absolute atomic E-state index is 0.436. The molecule has 1 fully saturated rings. The lowest BCUT2D eigenvalue weighted by atomic mass is 10.1. The van der Waals surface area contributed by atoms with Crippen molar-refractivity contribution >= 4 is 0 Å². The topological polar surface area (TPSA) is 63.7 Å². The number of furan rings is 1. The quantitative estimate of drug-likeness (QED) is 0.625. The number of morpholine rings is 1. The van der Waals surface area contributed by atoms with Crippen LogP contribution in [0.3, 0.4) is 0 Å². The van der Waals surface area contributed by atoms with Crippen molar-refractivity contribution in [2.75, 3.05) is 39.4 Å². The largest absolute Gasteiger partial charge is 0.455 e. The number of nitrogens with one attached hydrogen (secondary N) is 1. The smallest absolute Gasteiger partial charge is 0.158 e. The van der Waals surface area contributed by atoms with Crippen molar-refractivity contribution in [2.24, 2.45) is 0 Å². The van der Waals surface area contributed by atoms with Gasteiger partial charge in [-0.15, -0.1) is 0 Å². The predicted octanol–water partition coefficient (Wildman–Crippen LogP) is -0.0216. The molecule has 0 unspecified atom stereocenters. The molecule has 4 N–H and O–H groups in total. The maximum Gasteiger partial charge on any atom is 0.158 e. The third-order valence-electron chi connectivity index (χ3n) is 4.59. The second-order valence-electron chi connectivity index (χ2n) is 6.46. The van der Waals surface area contributed by atoms with Crippen LogP contribution in [0.25, 0.3) is 11.3 Å². The zero-order chi connectivity index (χ0) is 16.8. The maximum absolute atomic E-state index is 9.57. The summed E-state index contributed by atoms with van der Waals surface area (Å²) in [6.07, 6.45) is -0.436. The number of ether oxygens (including phenoxy) is 1. The van der Waals surface area contributed by atoms with Gasteiger partial charge in [0.2, 0.25) is 0 Å². The van der Waals surface area contributed by atoms with E-state index >= 15 is 0 Å². The molecule has 0 spiro atoms. The van der Waals surface area contributed by atoms with E-state index in [1.165, 1.54) is 6.54 Å². The lowest BCUT2D eigenvalue weighted by molar-refractivity contribution is -0.920. The highest BCUT2D eigenvalue weighted by atomic mass is 16.5. The van der Waals surface area contributed by atoms with Crippen molar-refractivity contribution in [2.45, 2.75) is 19.6 Å². The first-order valence-electron chi connectivity index (χ1n) is 8.82. The summed E-state index contributed by atoms with van der Waals surface area (Å²) >= 11 is 0. The molecule has 2 heterocycles. The fraction of sp³-hybridized carbons (Fsp3) is 0.474. The molecule has 0 radical (unpaired) electrons. The van der Waals surface area contributed by atoms with Gasteiger partial charge in [0.1, 0.15) is 38.5 Å². The molecule has 3 rings (SSSR count). The molecule has 0 bridgehead atoms. The lowest BCUT2D eigenvalue weighted by Gasteiger charge is -2.22. The SMILES string of the molecule is C[C@H](O)c1ccc(-c2ccc(C[NH2+]CC[NH+]3CCOCC3)o2)cc1. The number of aliphatic hydroxyl groups is 1. The van der Waals surface area contributed by atoms with Crippen LogP contribution in [-0.4, -0.2) is 44.5 Å². The number of nitrogens with two attached hydrogens (primary N) is 1. The van der Waals surface area contributed by atoms with E-state index in [9.17, 15) is 5.11 Å². The lowest BCUT2D eigenvalue weighted by Crippen LogP contribution is -3.16. The van der Waals surface area contributed by atoms with Gasteiger partial charge in [0.05, 0.1) is 19.3 Å². The van der Waals surface area contributed by atoms with Crippen molar-refractivity contribution in [3.8, 4) is 11.3 Å². The zero-order valence-corrected chi connectivity index (χ0v) is 14.3. The van der Waals surface area contributed by atoms with Crippen LogP contribution in [0.5, 0.6) is 0 Å². The van der Waals surface area contributed by atoms with E-state index < -0.39 is 6.10 Å². The Kier molecular flexibility index (Phi) is 6.04. The molecule has 130 valence electrons. The fourth-order valence-electron chi connectivity index (χ4n) is 3.03. The van der Waals surface area contributed by atoms with Crippen LogP contribution in [0.15, 0.2) is 40.8 Å². The summed E-state index contributed by atoms with van der Waals surface area (Å²) in [4.78, 5) is 1.64. The molecule has 1 aromatic heterocycles. The Balaban J connectivity index is 1.46. The van der Waals surface area contributed by atoms with E-state index in [1.54, 1.807) is 11.8 Å². The number of hydrogen-bond acceptors (Lipinski definition) is 3. The van der Waals surface area contributed by atoms with Crippen LogP contribution in [0.2, 0.25) is 0 Å². The average Bonchev–Trinajstić information content (AvgIpc) is 3.09. The molecule has 24 heavy (non-hydrogen) atoms. The first-order valence-corrected chi connectivity index (χ1v) is 8.82. The normalized spacial score (nSPS) is 17.1. The van der Waals surface area contributed by atoms with E-state index in [2.05, 4.69) is 11.4 Å². The summed E-state index contributed by atoms with van der Waals surface area (Å²) in [5.74, 6) is 1.89. The highest BCUT2D eigenvalue weighted by Crippen LogP contribution is 2.23. The van der Waals surface area contributed by atoms with Gasteiger partial charge in [0.15, 0.2) is 5.76 Å². The summed E-state index contributed by atoms with van der Waals surface area (Å²) in [6, 6.07) is 12.0. The van der Waals surface area contributed by atoms with Crippen LogP contribution < -0.4 is 10.2 Å². The van der Waals surface area contributed by atoms with Crippen LogP contribution in [0, 0.1) is 0 Å². The Morgan fingerprint density at radius 3 is 2.58 bits per heavy atom. The average molecular weight is 332 g/mol. The van der Waals surface area contributed by atoms with Gasteiger partial charge in [-0.05, 0) is 24.6 Å². The van der Waals surface area contributed by atoms with Crippen LogP contribution in [-0.2, 0) is 11.3 Å². The fourth-order valence-corrected chi connectivity index (χ4v) is 3.03. The molecule has 0 aliphatic carbocycles. The van der Waals surface area contributed by atoms with Crippen molar-refractivity contribution in [3.05, 3.63) is 47.7 Å². The first kappa shape index (κ1) is 17.2. The van der Waals surface area contributed by atoms with Crippen molar-refractivity contribution in [1.82, 2.24) is 0 Å². The molecule has 1 saturated heterocycles. The van der Waals surface area contributed by atoms with Gasteiger partial charge in [0, 0.05) is 5.56 Å². The molecule has 0 amide bonds. The monoisotopic (exact) mass is 332 g/mol. The molecule has 0 saturated carbocycles. The minimum atomic E-state index is -0.436. The number of aliphatic hydroxyl groups excluding tert-OH is 1. The number of hydrogen-bond donors (Lipinski definition) is 3. The summed E-state index contributed by atoms with van der Waals surface area (Å²) in [6.45, 7) is 8.97. The summed E-state index contributed by atoms with van der Waals surface area (Å²) < 4.78 is 11.3. The van der Waals surface area contributed by atoms with Crippen molar-refractivity contribution in [1.29, 1.82) is 0 Å². The third-order valence-corrected chi connectivity index (χ3v) is 4.59. The Bertz CT molecular complexity index is 616. The van der Waals surface area contributed by atoms with Gasteiger partial charge in [-0.3, -0.25) is 0 Å². The van der Waals surface area contributed by atoms with Crippen molar-refractivity contribution in [3.63, 3.8) is 0 Å². The molecule has 1 atom stereocenters. The molecule has 1 aromatic carbocycles. The Hall–Kier alpha value is -1.66. The van der Waals surface area contributed by atoms with Crippen LogP contribution in [0.4, 0.5) is 0 Å². The van der Waals surface area contributed by atoms with Gasteiger partial charge in [-0.25, -0.2) is 0 Å². The molecule has 1 aliphatic heterocycles. The third kappa shape index (κ3) is 4.68. The molecule has 5 heteroatoms. The molecular formula is C19H28N2O3+2. The standard InChI is InChI=1S/C19H26N2O3/c1-15(22)16-2-4-17(5-3-16)19-7-6-18(24-19)14-20-8-9-21-10-12-23-13-11-21/h2-7,15,20,22H,8-14H2,1H3/p+2/t15-/m0/s1. The van der Waals surface area contributed by atoms with E-state index in [4.69, 9.17) is 9.15 Å². The first-order chi connectivity index (χ1) is 11.7. The second kappa shape index (κ2) is 8.44. The Morgan fingerprint density at radius 2 is 1.88 bits per heavy atom. The highest BCUT2D eigenvalue weighted by molar-refractivity contribution is 5.58. The van der Waals surface area contributed by atoms with Crippen LogP contribution in [0.1, 0.15) is 24.4 Å². The Morgan fingerprint density at radius 1 is 1.12 bits per heavy atom. The van der Waals surface area contributed by atoms with E-state index in [-0.39, 0.29) is 0 Å². The highest BCUT2D eigenvalue weighted by Gasteiger charge is 2.14. The van der Waals surface area contributed by atoms with E-state index in [1.807, 2.05) is 30.3 Å². The number of rotatable bonds is 7. The van der Waals surface area contributed by atoms with E-state index in [0.717, 1.165) is 62.0 Å². The number of quaternary nitrogens is 2. The Labute approximate surface area is 143 Å². The van der Waals surface area contributed by atoms with Crippen LogP contribution >= 0.6 is 0 Å². The molecule has 5 nitrogen and oxygen atoms in total. The van der Waals surface area contributed by atoms with E-state index in [0.29, 0.717) is 0 Å².